The van der Waals surface area contributed by atoms with Gasteiger partial charge in [-0.2, -0.15) is 0 Å². The maximum atomic E-state index is 12.5. The molecule has 1 unspecified atom stereocenters. The van der Waals surface area contributed by atoms with Crippen molar-refractivity contribution in [1.82, 2.24) is 0 Å². The molecule has 0 amide bonds. The van der Waals surface area contributed by atoms with Crippen LogP contribution in [-0.4, -0.2) is 12.3 Å². The number of carbonyl (C=O) groups is 1. The largest absolute Gasteiger partial charge is 0.384 e. The molecule has 2 nitrogen and oxygen atoms in total. The first-order valence-corrected chi connectivity index (χ1v) is 6.76. The minimum Gasteiger partial charge on any atom is -0.384 e. The van der Waals surface area contributed by atoms with Crippen LogP contribution in [0.25, 0.3) is 0 Å². The minimum absolute atomic E-state index is 0.0213. The molecule has 3 heteroatoms. The molecule has 0 aromatic heterocycles. The Kier molecular flexibility index (Phi) is 3.30. The van der Waals surface area contributed by atoms with E-state index in [1.54, 1.807) is 0 Å². The van der Waals surface area contributed by atoms with E-state index in [9.17, 15) is 4.79 Å². The van der Waals surface area contributed by atoms with E-state index in [2.05, 4.69) is 42.0 Å². The van der Waals surface area contributed by atoms with Gasteiger partial charge < -0.3 is 5.32 Å². The average Bonchev–Trinajstić information content (AvgIpc) is 2.36. The standard InChI is InChI=1S/C14H18BrNO/c1-14(2,3)11-6-7-16-12-8-9(15)4-5-10(12)13(11)17/h4-5,8,11,16H,6-7H2,1-3H3. The molecule has 2 rings (SSSR count). The lowest BCUT2D eigenvalue weighted by molar-refractivity contribution is 0.0814. The molecule has 1 heterocycles. The number of hydrogen-bond acceptors (Lipinski definition) is 2. The van der Waals surface area contributed by atoms with Gasteiger partial charge in [0.05, 0.1) is 0 Å². The molecule has 1 aromatic carbocycles. The van der Waals surface area contributed by atoms with Crippen molar-refractivity contribution in [2.75, 3.05) is 11.9 Å². The quantitative estimate of drug-likeness (QED) is 0.780. The summed E-state index contributed by atoms with van der Waals surface area (Å²) in [7, 11) is 0. The van der Waals surface area contributed by atoms with E-state index >= 15 is 0 Å². The fourth-order valence-electron chi connectivity index (χ4n) is 2.37. The summed E-state index contributed by atoms with van der Waals surface area (Å²) in [6.45, 7) is 7.27. The second kappa shape index (κ2) is 4.45. The zero-order valence-corrected chi connectivity index (χ0v) is 12.1. The monoisotopic (exact) mass is 295 g/mol. The van der Waals surface area contributed by atoms with Crippen LogP contribution < -0.4 is 5.32 Å². The first-order chi connectivity index (χ1) is 7.89. The van der Waals surface area contributed by atoms with Gasteiger partial charge in [0.25, 0.3) is 0 Å². The molecule has 1 aliphatic rings. The zero-order valence-electron chi connectivity index (χ0n) is 10.5. The minimum atomic E-state index is 0.0213. The molecule has 1 atom stereocenters. The van der Waals surface area contributed by atoms with Crippen molar-refractivity contribution in [3.05, 3.63) is 28.2 Å². The van der Waals surface area contributed by atoms with Crippen LogP contribution in [0.5, 0.6) is 0 Å². The molecule has 0 saturated heterocycles. The fourth-order valence-corrected chi connectivity index (χ4v) is 2.73. The Morgan fingerprint density at radius 3 is 2.71 bits per heavy atom. The van der Waals surface area contributed by atoms with E-state index in [0.29, 0.717) is 0 Å². The van der Waals surface area contributed by atoms with Crippen LogP contribution in [0.3, 0.4) is 0 Å². The van der Waals surface area contributed by atoms with E-state index < -0.39 is 0 Å². The first-order valence-electron chi connectivity index (χ1n) is 5.97. The van der Waals surface area contributed by atoms with Crippen LogP contribution in [0, 0.1) is 11.3 Å². The van der Waals surface area contributed by atoms with Gasteiger partial charge in [0.2, 0.25) is 0 Å². The fraction of sp³-hybridized carbons (Fsp3) is 0.500. The summed E-state index contributed by atoms with van der Waals surface area (Å²) >= 11 is 3.44. The molecule has 92 valence electrons. The molecule has 0 aliphatic carbocycles. The van der Waals surface area contributed by atoms with Crippen LogP contribution in [0.2, 0.25) is 0 Å². The number of ketones is 1. The summed E-state index contributed by atoms with van der Waals surface area (Å²) < 4.78 is 1.01. The highest BCUT2D eigenvalue weighted by Crippen LogP contribution is 2.36. The highest BCUT2D eigenvalue weighted by atomic mass is 79.9. The average molecular weight is 296 g/mol. The number of carbonyl (C=O) groups excluding carboxylic acids is 1. The maximum Gasteiger partial charge on any atom is 0.168 e. The third-order valence-electron chi connectivity index (χ3n) is 3.36. The predicted molar refractivity (Wildman–Crippen MR) is 74.5 cm³/mol. The Hall–Kier alpha value is -0.830. The number of anilines is 1. The van der Waals surface area contributed by atoms with Crippen molar-refractivity contribution < 1.29 is 4.79 Å². The van der Waals surface area contributed by atoms with E-state index in [1.807, 2.05) is 18.2 Å². The number of fused-ring (bicyclic) bond motifs is 1. The first kappa shape index (κ1) is 12.6. The van der Waals surface area contributed by atoms with Gasteiger partial charge in [0, 0.05) is 28.2 Å². The normalized spacial score (nSPS) is 20.5. The lowest BCUT2D eigenvalue weighted by Gasteiger charge is -2.28. The van der Waals surface area contributed by atoms with Crippen LogP contribution in [-0.2, 0) is 0 Å². The van der Waals surface area contributed by atoms with Gasteiger partial charge >= 0.3 is 0 Å². The molecule has 0 saturated carbocycles. The number of rotatable bonds is 0. The van der Waals surface area contributed by atoms with Crippen LogP contribution in [0.4, 0.5) is 5.69 Å². The third-order valence-corrected chi connectivity index (χ3v) is 3.85. The Labute approximate surface area is 111 Å². The van der Waals surface area contributed by atoms with Gasteiger partial charge in [-0.1, -0.05) is 36.7 Å². The summed E-state index contributed by atoms with van der Waals surface area (Å²) in [5.41, 5.74) is 1.80. The molecular formula is C14H18BrNO. The molecule has 0 fully saturated rings. The maximum absolute atomic E-state index is 12.5. The van der Waals surface area contributed by atoms with Crippen molar-refractivity contribution in [3.8, 4) is 0 Å². The van der Waals surface area contributed by atoms with E-state index in [-0.39, 0.29) is 17.1 Å². The second-order valence-electron chi connectivity index (χ2n) is 5.69. The van der Waals surface area contributed by atoms with Crippen molar-refractivity contribution in [2.45, 2.75) is 27.2 Å². The van der Waals surface area contributed by atoms with E-state index in [1.165, 1.54) is 0 Å². The lowest BCUT2D eigenvalue weighted by atomic mass is 9.75. The topological polar surface area (TPSA) is 29.1 Å². The number of hydrogen-bond donors (Lipinski definition) is 1. The van der Waals surface area contributed by atoms with Crippen LogP contribution in [0.15, 0.2) is 22.7 Å². The molecule has 0 spiro atoms. The van der Waals surface area contributed by atoms with Gasteiger partial charge in [0.15, 0.2) is 5.78 Å². The summed E-state index contributed by atoms with van der Waals surface area (Å²) in [4.78, 5) is 12.5. The zero-order chi connectivity index (χ0) is 12.6. The summed E-state index contributed by atoms with van der Waals surface area (Å²) in [6, 6.07) is 5.83. The van der Waals surface area contributed by atoms with E-state index in [4.69, 9.17) is 0 Å². The Morgan fingerprint density at radius 1 is 1.35 bits per heavy atom. The Balaban J connectivity index is 2.44. The second-order valence-corrected chi connectivity index (χ2v) is 6.60. The highest BCUT2D eigenvalue weighted by molar-refractivity contribution is 9.10. The number of benzene rings is 1. The summed E-state index contributed by atoms with van der Waals surface area (Å²) in [5, 5.41) is 3.35. The SMILES string of the molecule is CC(C)(C)C1CCNc2cc(Br)ccc2C1=O. The van der Waals surface area contributed by atoms with E-state index in [0.717, 1.165) is 28.7 Å². The highest BCUT2D eigenvalue weighted by Gasteiger charge is 2.34. The van der Waals surface area contributed by atoms with Gasteiger partial charge in [-0.3, -0.25) is 4.79 Å². The van der Waals surface area contributed by atoms with Crippen molar-refractivity contribution in [2.24, 2.45) is 11.3 Å². The smallest absolute Gasteiger partial charge is 0.168 e. The molecular weight excluding hydrogens is 278 g/mol. The molecule has 1 N–H and O–H groups in total. The van der Waals surface area contributed by atoms with Gasteiger partial charge in [-0.15, -0.1) is 0 Å². The number of halogens is 1. The molecule has 0 bridgehead atoms. The Morgan fingerprint density at radius 2 is 2.06 bits per heavy atom. The third kappa shape index (κ3) is 2.54. The molecule has 17 heavy (non-hydrogen) atoms. The van der Waals surface area contributed by atoms with Crippen molar-refractivity contribution in [1.29, 1.82) is 0 Å². The number of Topliss-reactive ketones (excluding diaryl/α,β-unsaturated/α-hetero) is 1. The van der Waals surface area contributed by atoms with Crippen molar-refractivity contribution >= 4 is 27.4 Å². The lowest BCUT2D eigenvalue weighted by Crippen LogP contribution is -2.28. The summed E-state index contributed by atoms with van der Waals surface area (Å²) in [6.07, 6.45) is 0.897. The summed E-state index contributed by atoms with van der Waals surface area (Å²) in [5.74, 6) is 0.363. The Bertz CT molecular complexity index is 448. The van der Waals surface area contributed by atoms with Gasteiger partial charge in [-0.05, 0) is 30.0 Å². The van der Waals surface area contributed by atoms with Crippen molar-refractivity contribution in [3.63, 3.8) is 0 Å². The number of nitrogens with one attached hydrogen (secondary N) is 1. The van der Waals surface area contributed by atoms with Gasteiger partial charge in [-0.25, -0.2) is 0 Å². The molecule has 0 radical (unpaired) electrons. The van der Waals surface area contributed by atoms with Crippen LogP contribution >= 0.6 is 15.9 Å². The predicted octanol–water partition coefficient (Wildman–Crippen LogP) is 4.11. The molecule has 1 aliphatic heterocycles. The van der Waals surface area contributed by atoms with Crippen LogP contribution in [0.1, 0.15) is 37.6 Å². The van der Waals surface area contributed by atoms with Gasteiger partial charge in [0.1, 0.15) is 0 Å². The molecule has 1 aromatic rings.